The molecule has 0 spiro atoms. The van der Waals surface area contributed by atoms with E-state index in [0.717, 1.165) is 12.8 Å². The van der Waals surface area contributed by atoms with Crippen LogP contribution in [0.5, 0.6) is 0 Å². The number of carbonyl (C=O) groups is 2. The molecule has 1 N–H and O–H groups in total. The van der Waals surface area contributed by atoms with E-state index in [1.807, 2.05) is 0 Å². The van der Waals surface area contributed by atoms with Crippen molar-refractivity contribution in [1.29, 1.82) is 0 Å². The molecule has 0 unspecified atom stereocenters. The standard InChI is InChI=1S/C12H22N2O2/c1-4-5-6-7-8-14-9-10(15)13-12(2,3)11(14)16/h4-9H2,1-3H3,(H,13,15). The molecule has 16 heavy (non-hydrogen) atoms. The van der Waals surface area contributed by atoms with Crippen LogP contribution in [-0.4, -0.2) is 35.3 Å². The summed E-state index contributed by atoms with van der Waals surface area (Å²) in [5.74, 6) is -0.0244. The normalized spacial score (nSPS) is 19.8. The summed E-state index contributed by atoms with van der Waals surface area (Å²) < 4.78 is 0. The van der Waals surface area contributed by atoms with Crippen LogP contribution in [0.3, 0.4) is 0 Å². The van der Waals surface area contributed by atoms with E-state index in [0.29, 0.717) is 6.54 Å². The Labute approximate surface area is 97.4 Å². The number of piperazine rings is 1. The van der Waals surface area contributed by atoms with Crippen LogP contribution in [0.1, 0.15) is 46.5 Å². The molecule has 1 heterocycles. The second-order valence-corrected chi connectivity index (χ2v) is 4.96. The number of rotatable bonds is 5. The van der Waals surface area contributed by atoms with Gasteiger partial charge in [-0.15, -0.1) is 0 Å². The molecular weight excluding hydrogens is 204 g/mol. The van der Waals surface area contributed by atoms with Crippen LogP contribution in [0.25, 0.3) is 0 Å². The highest BCUT2D eigenvalue weighted by Gasteiger charge is 2.38. The minimum absolute atomic E-state index is 0.0311. The summed E-state index contributed by atoms with van der Waals surface area (Å²) in [5.41, 5.74) is -0.736. The molecule has 92 valence electrons. The van der Waals surface area contributed by atoms with Crippen LogP contribution < -0.4 is 5.32 Å². The maximum absolute atomic E-state index is 12.0. The second-order valence-electron chi connectivity index (χ2n) is 4.96. The Kier molecular flexibility index (Phi) is 4.33. The lowest BCUT2D eigenvalue weighted by atomic mass is 10.00. The first-order valence-corrected chi connectivity index (χ1v) is 6.07. The number of carbonyl (C=O) groups excluding carboxylic acids is 2. The van der Waals surface area contributed by atoms with Gasteiger partial charge in [0.15, 0.2) is 0 Å². The predicted octanol–water partition coefficient (Wildman–Crippen LogP) is 1.30. The Morgan fingerprint density at radius 2 is 1.94 bits per heavy atom. The van der Waals surface area contributed by atoms with Crippen molar-refractivity contribution in [3.63, 3.8) is 0 Å². The van der Waals surface area contributed by atoms with Gasteiger partial charge in [-0.25, -0.2) is 0 Å². The third-order valence-electron chi connectivity index (χ3n) is 2.89. The van der Waals surface area contributed by atoms with Gasteiger partial charge in [0.25, 0.3) is 0 Å². The van der Waals surface area contributed by atoms with Crippen molar-refractivity contribution in [1.82, 2.24) is 10.2 Å². The summed E-state index contributed by atoms with van der Waals surface area (Å²) in [6, 6.07) is 0. The largest absolute Gasteiger partial charge is 0.341 e. The molecule has 4 nitrogen and oxygen atoms in total. The maximum Gasteiger partial charge on any atom is 0.248 e. The zero-order valence-corrected chi connectivity index (χ0v) is 10.5. The Balaban J connectivity index is 2.45. The molecule has 0 saturated carbocycles. The molecule has 1 aliphatic heterocycles. The van der Waals surface area contributed by atoms with Crippen molar-refractivity contribution < 1.29 is 9.59 Å². The second kappa shape index (κ2) is 5.32. The molecule has 0 aromatic carbocycles. The fraction of sp³-hybridized carbons (Fsp3) is 0.833. The van der Waals surface area contributed by atoms with E-state index < -0.39 is 5.54 Å². The Morgan fingerprint density at radius 1 is 1.25 bits per heavy atom. The fourth-order valence-electron chi connectivity index (χ4n) is 1.99. The monoisotopic (exact) mass is 226 g/mol. The summed E-state index contributed by atoms with van der Waals surface area (Å²) in [5, 5.41) is 2.71. The van der Waals surface area contributed by atoms with E-state index in [4.69, 9.17) is 0 Å². The molecule has 1 saturated heterocycles. The quantitative estimate of drug-likeness (QED) is 0.718. The van der Waals surface area contributed by atoms with Crippen molar-refractivity contribution in [2.24, 2.45) is 0 Å². The number of nitrogens with zero attached hydrogens (tertiary/aromatic N) is 1. The molecule has 0 aromatic heterocycles. The maximum atomic E-state index is 12.0. The Morgan fingerprint density at radius 3 is 2.56 bits per heavy atom. The van der Waals surface area contributed by atoms with E-state index in [2.05, 4.69) is 12.2 Å². The van der Waals surface area contributed by atoms with Crippen molar-refractivity contribution in [3.8, 4) is 0 Å². The van der Waals surface area contributed by atoms with Gasteiger partial charge < -0.3 is 10.2 Å². The molecule has 1 fully saturated rings. The minimum Gasteiger partial charge on any atom is -0.341 e. The van der Waals surface area contributed by atoms with E-state index in [-0.39, 0.29) is 18.4 Å². The van der Waals surface area contributed by atoms with Crippen molar-refractivity contribution >= 4 is 11.8 Å². The topological polar surface area (TPSA) is 49.4 Å². The molecule has 0 aromatic rings. The van der Waals surface area contributed by atoms with Gasteiger partial charge in [-0.3, -0.25) is 9.59 Å². The first-order valence-electron chi connectivity index (χ1n) is 6.07. The van der Waals surface area contributed by atoms with E-state index >= 15 is 0 Å². The van der Waals surface area contributed by atoms with E-state index in [1.165, 1.54) is 12.8 Å². The first kappa shape index (κ1) is 13.0. The first-order chi connectivity index (χ1) is 7.47. The van der Waals surface area contributed by atoms with Crippen LogP contribution in [0.2, 0.25) is 0 Å². The SMILES string of the molecule is CCCCCCN1CC(=O)NC(C)(C)C1=O. The minimum atomic E-state index is -0.736. The van der Waals surface area contributed by atoms with Crippen LogP contribution in [-0.2, 0) is 9.59 Å². The summed E-state index contributed by atoms with van der Waals surface area (Å²) >= 11 is 0. The number of hydrogen-bond donors (Lipinski definition) is 1. The third kappa shape index (κ3) is 3.22. The predicted molar refractivity (Wildman–Crippen MR) is 62.9 cm³/mol. The number of amides is 2. The fourth-order valence-corrected chi connectivity index (χ4v) is 1.99. The zero-order valence-electron chi connectivity index (χ0n) is 10.5. The Bertz CT molecular complexity index is 274. The van der Waals surface area contributed by atoms with Crippen LogP contribution in [0.4, 0.5) is 0 Å². The summed E-state index contributed by atoms with van der Waals surface area (Å²) in [6.45, 7) is 6.59. The summed E-state index contributed by atoms with van der Waals surface area (Å²) in [7, 11) is 0. The molecule has 0 aliphatic carbocycles. The zero-order chi connectivity index (χ0) is 12.2. The average Bonchev–Trinajstić information content (AvgIpc) is 2.19. The molecule has 1 rings (SSSR count). The van der Waals surface area contributed by atoms with Crippen LogP contribution >= 0.6 is 0 Å². The number of nitrogens with one attached hydrogen (secondary N) is 1. The highest BCUT2D eigenvalue weighted by Crippen LogP contribution is 2.14. The molecular formula is C12H22N2O2. The van der Waals surface area contributed by atoms with Gasteiger partial charge in [0.1, 0.15) is 5.54 Å². The van der Waals surface area contributed by atoms with Gasteiger partial charge in [0.2, 0.25) is 11.8 Å². The molecule has 1 aliphatic rings. The van der Waals surface area contributed by atoms with Crippen molar-refractivity contribution in [2.75, 3.05) is 13.1 Å². The van der Waals surface area contributed by atoms with Gasteiger partial charge in [-0.2, -0.15) is 0 Å². The van der Waals surface area contributed by atoms with Gasteiger partial charge in [0, 0.05) is 6.54 Å². The van der Waals surface area contributed by atoms with Crippen LogP contribution in [0, 0.1) is 0 Å². The lowest BCUT2D eigenvalue weighted by Gasteiger charge is -2.37. The smallest absolute Gasteiger partial charge is 0.248 e. The molecule has 0 radical (unpaired) electrons. The van der Waals surface area contributed by atoms with E-state index in [1.54, 1.807) is 18.7 Å². The van der Waals surface area contributed by atoms with Crippen molar-refractivity contribution in [2.45, 2.75) is 52.0 Å². The summed E-state index contributed by atoms with van der Waals surface area (Å²) in [6.07, 6.45) is 4.49. The van der Waals surface area contributed by atoms with Gasteiger partial charge >= 0.3 is 0 Å². The molecule has 0 bridgehead atoms. The lowest BCUT2D eigenvalue weighted by Crippen LogP contribution is -2.63. The average molecular weight is 226 g/mol. The molecule has 4 heteroatoms. The Hall–Kier alpha value is -1.06. The molecule has 2 amide bonds. The number of unbranched alkanes of at least 4 members (excludes halogenated alkanes) is 3. The summed E-state index contributed by atoms with van der Waals surface area (Å²) in [4.78, 5) is 25.1. The highest BCUT2D eigenvalue weighted by atomic mass is 16.2. The van der Waals surface area contributed by atoms with Crippen LogP contribution in [0.15, 0.2) is 0 Å². The third-order valence-corrected chi connectivity index (χ3v) is 2.89. The van der Waals surface area contributed by atoms with Crippen molar-refractivity contribution in [3.05, 3.63) is 0 Å². The number of hydrogen-bond acceptors (Lipinski definition) is 2. The highest BCUT2D eigenvalue weighted by molar-refractivity contribution is 5.97. The van der Waals surface area contributed by atoms with E-state index in [9.17, 15) is 9.59 Å². The van der Waals surface area contributed by atoms with Gasteiger partial charge in [-0.1, -0.05) is 26.2 Å². The van der Waals surface area contributed by atoms with Gasteiger partial charge in [0.05, 0.1) is 6.54 Å². The van der Waals surface area contributed by atoms with Gasteiger partial charge in [-0.05, 0) is 20.3 Å². The molecule has 0 atom stereocenters. The lowest BCUT2D eigenvalue weighted by molar-refractivity contribution is -0.148.